The minimum absolute atomic E-state index is 0.284. The molecule has 1 saturated carbocycles. The number of nitrogens with one attached hydrogen (secondary N) is 1. The van der Waals surface area contributed by atoms with E-state index in [1.54, 1.807) is 0 Å². The molecule has 0 radical (unpaired) electrons. The maximum atomic E-state index is 6.12. The third-order valence-corrected chi connectivity index (χ3v) is 5.34. The summed E-state index contributed by atoms with van der Waals surface area (Å²) in [7, 11) is 0. The Bertz CT molecular complexity index is 487. The summed E-state index contributed by atoms with van der Waals surface area (Å²) in [5.41, 5.74) is 1.53. The van der Waals surface area contributed by atoms with Crippen molar-refractivity contribution in [2.24, 2.45) is 5.92 Å². The van der Waals surface area contributed by atoms with Crippen LogP contribution in [0.5, 0.6) is 0 Å². The molecular weight excluding hydrogens is 291 g/mol. The van der Waals surface area contributed by atoms with Crippen molar-refractivity contribution in [3.8, 4) is 0 Å². The van der Waals surface area contributed by atoms with E-state index in [1.807, 2.05) is 12.1 Å². The maximum absolute atomic E-state index is 6.12. The Morgan fingerprint density at radius 2 is 2.10 bits per heavy atom. The van der Waals surface area contributed by atoms with E-state index in [2.05, 4.69) is 23.2 Å². The highest BCUT2D eigenvalue weighted by molar-refractivity contribution is 6.42. The van der Waals surface area contributed by atoms with Crippen molar-refractivity contribution in [1.29, 1.82) is 0 Å². The van der Waals surface area contributed by atoms with E-state index in [9.17, 15) is 0 Å². The van der Waals surface area contributed by atoms with E-state index in [0.717, 1.165) is 32.1 Å². The number of hydrogen-bond donors (Lipinski definition) is 1. The number of hydrogen-bond acceptors (Lipinski definition) is 2. The van der Waals surface area contributed by atoms with Crippen molar-refractivity contribution in [1.82, 2.24) is 10.2 Å². The van der Waals surface area contributed by atoms with Crippen LogP contribution in [0.2, 0.25) is 10.0 Å². The van der Waals surface area contributed by atoms with Gasteiger partial charge in [0.15, 0.2) is 0 Å². The van der Waals surface area contributed by atoms with Gasteiger partial charge in [0.25, 0.3) is 0 Å². The van der Waals surface area contributed by atoms with Gasteiger partial charge in [0.1, 0.15) is 0 Å². The molecule has 1 aliphatic heterocycles. The van der Waals surface area contributed by atoms with Gasteiger partial charge in [0, 0.05) is 18.6 Å². The lowest BCUT2D eigenvalue weighted by molar-refractivity contribution is 0.195. The Morgan fingerprint density at radius 1 is 1.30 bits per heavy atom. The molecule has 0 spiro atoms. The minimum Gasteiger partial charge on any atom is -0.310 e. The van der Waals surface area contributed by atoms with Crippen molar-refractivity contribution < 1.29 is 0 Å². The molecule has 0 amide bonds. The van der Waals surface area contributed by atoms with Gasteiger partial charge < -0.3 is 5.32 Å². The lowest BCUT2D eigenvalue weighted by Gasteiger charge is -2.34. The summed E-state index contributed by atoms with van der Waals surface area (Å²) in [4.78, 5) is 2.55. The molecule has 1 saturated heterocycles. The molecule has 1 aromatic rings. The molecule has 4 heteroatoms. The van der Waals surface area contributed by atoms with Gasteiger partial charge in [-0.1, -0.05) is 29.3 Å². The number of nitrogens with zero attached hydrogens (tertiary/aromatic N) is 1. The molecule has 1 aliphatic carbocycles. The number of benzene rings is 1. The zero-order valence-corrected chi connectivity index (χ0v) is 13.5. The van der Waals surface area contributed by atoms with E-state index in [1.165, 1.54) is 24.8 Å². The predicted octanol–water partition coefficient (Wildman–Crippen LogP) is 3.96. The lowest BCUT2D eigenvalue weighted by atomic mass is 9.95. The largest absolute Gasteiger partial charge is 0.310 e. The summed E-state index contributed by atoms with van der Waals surface area (Å²) in [5.74, 6) is 0.858. The summed E-state index contributed by atoms with van der Waals surface area (Å²) in [6, 6.07) is 5.98. The van der Waals surface area contributed by atoms with Crippen LogP contribution < -0.4 is 5.32 Å². The molecule has 0 bridgehead atoms. The Morgan fingerprint density at radius 3 is 2.80 bits per heavy atom. The van der Waals surface area contributed by atoms with E-state index in [-0.39, 0.29) is 5.54 Å². The Hall–Kier alpha value is -0.280. The van der Waals surface area contributed by atoms with Crippen LogP contribution in [0.4, 0.5) is 0 Å². The van der Waals surface area contributed by atoms with E-state index in [0.29, 0.717) is 10.0 Å². The first kappa shape index (κ1) is 14.6. The van der Waals surface area contributed by atoms with Crippen LogP contribution >= 0.6 is 23.2 Å². The SMILES string of the molecule is CC1(C2CC2)CN(Cc2ccc(Cl)c(Cl)c2)CCCN1. The first-order chi connectivity index (χ1) is 9.57. The molecule has 1 heterocycles. The third-order valence-electron chi connectivity index (χ3n) is 4.60. The highest BCUT2D eigenvalue weighted by Crippen LogP contribution is 2.40. The van der Waals surface area contributed by atoms with Crippen LogP contribution in [-0.4, -0.2) is 30.1 Å². The maximum Gasteiger partial charge on any atom is 0.0595 e. The lowest BCUT2D eigenvalue weighted by Crippen LogP contribution is -2.50. The van der Waals surface area contributed by atoms with Gasteiger partial charge in [-0.25, -0.2) is 0 Å². The first-order valence-corrected chi connectivity index (χ1v) is 8.24. The normalized spacial score (nSPS) is 28.4. The van der Waals surface area contributed by atoms with Crippen molar-refractivity contribution in [3.05, 3.63) is 33.8 Å². The van der Waals surface area contributed by atoms with Crippen molar-refractivity contribution in [2.45, 2.75) is 38.3 Å². The fourth-order valence-corrected chi connectivity index (χ4v) is 3.62. The van der Waals surface area contributed by atoms with Gasteiger partial charge >= 0.3 is 0 Å². The Kier molecular flexibility index (Phi) is 4.28. The van der Waals surface area contributed by atoms with Gasteiger partial charge in [-0.2, -0.15) is 0 Å². The smallest absolute Gasteiger partial charge is 0.0595 e. The van der Waals surface area contributed by atoms with E-state index >= 15 is 0 Å². The zero-order chi connectivity index (χ0) is 14.2. The van der Waals surface area contributed by atoms with Crippen LogP contribution in [0.15, 0.2) is 18.2 Å². The Labute approximate surface area is 131 Å². The average Bonchev–Trinajstić information content (AvgIpc) is 3.22. The monoisotopic (exact) mass is 312 g/mol. The molecule has 2 fully saturated rings. The quantitative estimate of drug-likeness (QED) is 0.909. The van der Waals surface area contributed by atoms with Crippen molar-refractivity contribution in [3.63, 3.8) is 0 Å². The van der Waals surface area contributed by atoms with Crippen LogP contribution in [0.3, 0.4) is 0 Å². The molecule has 1 atom stereocenters. The van der Waals surface area contributed by atoms with Crippen LogP contribution in [0.25, 0.3) is 0 Å². The number of halogens is 2. The topological polar surface area (TPSA) is 15.3 Å². The van der Waals surface area contributed by atoms with E-state index < -0.39 is 0 Å². The fraction of sp³-hybridized carbons (Fsp3) is 0.625. The molecule has 2 nitrogen and oxygen atoms in total. The Balaban J connectivity index is 1.70. The highest BCUT2D eigenvalue weighted by Gasteiger charge is 2.42. The van der Waals surface area contributed by atoms with Crippen LogP contribution in [0, 0.1) is 5.92 Å². The standard InChI is InChI=1S/C16H22Cl2N2/c1-16(13-4-5-13)11-20(8-2-7-19-16)10-12-3-6-14(17)15(18)9-12/h3,6,9,13,19H,2,4-5,7-8,10-11H2,1H3. The molecule has 20 heavy (non-hydrogen) atoms. The predicted molar refractivity (Wildman–Crippen MR) is 85.5 cm³/mol. The van der Waals surface area contributed by atoms with Gasteiger partial charge in [0.2, 0.25) is 0 Å². The molecule has 110 valence electrons. The molecule has 1 aromatic carbocycles. The van der Waals surface area contributed by atoms with Gasteiger partial charge in [-0.05, 0) is 62.9 Å². The fourth-order valence-electron chi connectivity index (χ4n) is 3.30. The van der Waals surface area contributed by atoms with Crippen molar-refractivity contribution in [2.75, 3.05) is 19.6 Å². The molecule has 2 aliphatic rings. The third kappa shape index (κ3) is 3.30. The summed E-state index contributed by atoms with van der Waals surface area (Å²) in [5, 5.41) is 5.06. The van der Waals surface area contributed by atoms with Crippen LogP contribution in [0.1, 0.15) is 31.7 Å². The summed E-state index contributed by atoms with van der Waals surface area (Å²) < 4.78 is 0. The second-order valence-corrected chi connectivity index (χ2v) is 7.25. The zero-order valence-electron chi connectivity index (χ0n) is 12.0. The molecule has 0 aromatic heterocycles. The first-order valence-electron chi connectivity index (χ1n) is 7.48. The molecular formula is C16H22Cl2N2. The highest BCUT2D eigenvalue weighted by atomic mass is 35.5. The van der Waals surface area contributed by atoms with Gasteiger partial charge in [-0.3, -0.25) is 4.90 Å². The molecule has 1 N–H and O–H groups in total. The molecule has 3 rings (SSSR count). The van der Waals surface area contributed by atoms with Gasteiger partial charge in [-0.15, -0.1) is 0 Å². The van der Waals surface area contributed by atoms with Gasteiger partial charge in [0.05, 0.1) is 10.0 Å². The van der Waals surface area contributed by atoms with Crippen LogP contribution in [-0.2, 0) is 6.54 Å². The van der Waals surface area contributed by atoms with Crippen molar-refractivity contribution >= 4 is 23.2 Å². The number of rotatable bonds is 3. The second kappa shape index (κ2) is 5.84. The summed E-state index contributed by atoms with van der Waals surface area (Å²) in [6.45, 7) is 6.75. The summed E-state index contributed by atoms with van der Waals surface area (Å²) in [6.07, 6.45) is 3.97. The average molecular weight is 313 g/mol. The molecule has 1 unspecified atom stereocenters. The summed E-state index contributed by atoms with van der Waals surface area (Å²) >= 11 is 12.1. The van der Waals surface area contributed by atoms with E-state index in [4.69, 9.17) is 23.2 Å². The minimum atomic E-state index is 0.284. The second-order valence-electron chi connectivity index (χ2n) is 6.43.